The van der Waals surface area contributed by atoms with Gasteiger partial charge in [-0.05, 0) is 63.1 Å². The number of halogens is 3. The number of carboxylic acid groups (broad SMARTS) is 1. The second kappa shape index (κ2) is 10.9. The molecule has 0 aromatic rings. The number of rotatable bonds is 6. The number of amides is 2. The Hall–Kier alpha value is -1.16. The average molecular weight is 399 g/mol. The Morgan fingerprint density at radius 3 is 2.46 bits per heavy atom. The quantitative estimate of drug-likeness (QED) is 0.470. The van der Waals surface area contributed by atoms with Crippen molar-refractivity contribution in [2.45, 2.75) is 69.3 Å². The number of urea groups is 1. The van der Waals surface area contributed by atoms with E-state index in [4.69, 9.17) is 15.6 Å². The number of carboxylic acids is 1. The number of aliphatic carboxylic acids is 1. The second-order valence-corrected chi connectivity index (χ2v) is 7.79. The number of fused-ring (bicyclic) bond motifs is 1. The van der Waals surface area contributed by atoms with Gasteiger partial charge in [0, 0.05) is 11.3 Å². The molecule has 0 bridgehead atoms. The van der Waals surface area contributed by atoms with E-state index in [0.29, 0.717) is 5.25 Å². The van der Waals surface area contributed by atoms with E-state index in [1.807, 2.05) is 0 Å². The Balaban J connectivity index is 0.000000412. The fourth-order valence-electron chi connectivity index (χ4n) is 3.54. The van der Waals surface area contributed by atoms with Gasteiger partial charge in [-0.3, -0.25) is 4.72 Å². The van der Waals surface area contributed by atoms with Gasteiger partial charge in [-0.15, -0.1) is 0 Å². The van der Waals surface area contributed by atoms with E-state index < -0.39 is 18.2 Å². The van der Waals surface area contributed by atoms with Crippen molar-refractivity contribution < 1.29 is 27.9 Å². The molecule has 2 aliphatic rings. The number of carbonyl (C=O) groups excluding carboxylic acids is 1. The lowest BCUT2D eigenvalue weighted by molar-refractivity contribution is -0.192. The highest BCUT2D eigenvalue weighted by Gasteiger charge is 2.39. The third-order valence-corrected chi connectivity index (χ3v) is 5.86. The van der Waals surface area contributed by atoms with Crippen molar-refractivity contribution in [3.63, 3.8) is 0 Å². The van der Waals surface area contributed by atoms with Crippen molar-refractivity contribution in [2.75, 3.05) is 13.1 Å². The van der Waals surface area contributed by atoms with Crippen LogP contribution < -0.4 is 10.5 Å². The number of alkyl halides is 3. The zero-order valence-corrected chi connectivity index (χ0v) is 15.7. The van der Waals surface area contributed by atoms with Gasteiger partial charge in [0.15, 0.2) is 0 Å². The molecule has 26 heavy (non-hydrogen) atoms. The van der Waals surface area contributed by atoms with E-state index in [2.05, 4.69) is 16.5 Å². The van der Waals surface area contributed by atoms with E-state index in [1.165, 1.54) is 70.0 Å². The molecule has 2 rings (SSSR count). The molecule has 0 spiro atoms. The average Bonchev–Trinajstić information content (AvgIpc) is 2.95. The number of nitrogens with one attached hydrogen (secondary N) is 1. The summed E-state index contributed by atoms with van der Waals surface area (Å²) in [5.41, 5.74) is 5.14. The SMILES string of the molecule is CCCCCN1CCC2CCC(SNC(N)=O)CC21.O=C(O)C(F)(F)F. The number of unbranched alkanes of at least 4 members (excludes halogenated alkanes) is 2. The lowest BCUT2D eigenvalue weighted by atomic mass is 9.85. The van der Waals surface area contributed by atoms with E-state index in [9.17, 15) is 18.0 Å². The summed E-state index contributed by atoms with van der Waals surface area (Å²) in [5.74, 6) is -1.86. The highest BCUT2D eigenvalue weighted by Crippen LogP contribution is 2.39. The number of nitrogens with two attached hydrogens (primary N) is 1. The van der Waals surface area contributed by atoms with Gasteiger partial charge < -0.3 is 15.7 Å². The van der Waals surface area contributed by atoms with Crippen LogP contribution in [0.3, 0.4) is 0 Å². The van der Waals surface area contributed by atoms with E-state index in [1.54, 1.807) is 0 Å². The third-order valence-electron chi connectivity index (χ3n) is 4.78. The normalized spacial score (nSPS) is 25.8. The minimum atomic E-state index is -5.08. The molecule has 10 heteroatoms. The van der Waals surface area contributed by atoms with Crippen LogP contribution in [0.5, 0.6) is 0 Å². The van der Waals surface area contributed by atoms with E-state index in [-0.39, 0.29) is 0 Å². The fourth-order valence-corrected chi connectivity index (χ4v) is 4.37. The van der Waals surface area contributed by atoms with Crippen LogP contribution in [0.1, 0.15) is 51.9 Å². The predicted octanol–water partition coefficient (Wildman–Crippen LogP) is 3.37. The van der Waals surface area contributed by atoms with Crippen LogP contribution in [0.25, 0.3) is 0 Å². The minimum Gasteiger partial charge on any atom is -0.475 e. The van der Waals surface area contributed by atoms with Gasteiger partial charge >= 0.3 is 18.2 Å². The maximum absolute atomic E-state index is 10.8. The molecule has 0 aromatic heterocycles. The topological polar surface area (TPSA) is 95.7 Å². The molecule has 2 amide bonds. The van der Waals surface area contributed by atoms with Crippen molar-refractivity contribution in [3.8, 4) is 0 Å². The highest BCUT2D eigenvalue weighted by atomic mass is 32.2. The summed E-state index contributed by atoms with van der Waals surface area (Å²) < 4.78 is 34.4. The standard InChI is InChI=1S/C14H27N3OS.C2HF3O2/c1-2-3-4-8-17-9-7-11-5-6-12(10-13(11)17)19-16-14(15)18;3-2(4,5)1(6)7/h11-13H,2-10H2,1H3,(H3,15,16,18);(H,6,7). The second-order valence-electron chi connectivity index (χ2n) is 6.68. The van der Waals surface area contributed by atoms with Crippen molar-refractivity contribution in [3.05, 3.63) is 0 Å². The van der Waals surface area contributed by atoms with Crippen LogP contribution in [0.2, 0.25) is 0 Å². The maximum Gasteiger partial charge on any atom is 0.490 e. The molecule has 1 saturated carbocycles. The molecular formula is C16H28F3N3O3S. The summed E-state index contributed by atoms with van der Waals surface area (Å²) in [6.45, 7) is 4.80. The zero-order chi connectivity index (χ0) is 19.7. The Morgan fingerprint density at radius 2 is 1.92 bits per heavy atom. The summed E-state index contributed by atoms with van der Waals surface area (Å²) in [6.07, 6.45) is 4.00. The first-order valence-electron chi connectivity index (χ1n) is 8.90. The van der Waals surface area contributed by atoms with Crippen LogP contribution in [-0.4, -0.2) is 52.6 Å². The zero-order valence-electron chi connectivity index (χ0n) is 14.9. The molecule has 0 radical (unpaired) electrons. The number of carbonyl (C=O) groups is 2. The summed E-state index contributed by atoms with van der Waals surface area (Å²) in [4.78, 5) is 22.4. The molecule has 2 fully saturated rings. The number of nitrogens with zero attached hydrogens (tertiary/aromatic N) is 1. The van der Waals surface area contributed by atoms with E-state index >= 15 is 0 Å². The molecule has 1 aliphatic carbocycles. The molecule has 1 saturated heterocycles. The Morgan fingerprint density at radius 1 is 1.27 bits per heavy atom. The van der Waals surface area contributed by atoms with Crippen LogP contribution in [-0.2, 0) is 4.79 Å². The largest absolute Gasteiger partial charge is 0.490 e. The van der Waals surface area contributed by atoms with Gasteiger partial charge in [-0.25, -0.2) is 9.59 Å². The lowest BCUT2D eigenvalue weighted by Gasteiger charge is -2.35. The van der Waals surface area contributed by atoms with Gasteiger partial charge in [0.2, 0.25) is 0 Å². The number of likely N-dealkylation sites (tertiary alicyclic amines) is 1. The number of hydrogen-bond donors (Lipinski definition) is 3. The fraction of sp³-hybridized carbons (Fsp3) is 0.875. The summed E-state index contributed by atoms with van der Waals surface area (Å²) in [7, 11) is 0. The van der Waals surface area contributed by atoms with Gasteiger partial charge in [0.1, 0.15) is 0 Å². The van der Waals surface area contributed by atoms with Crippen LogP contribution >= 0.6 is 11.9 Å². The van der Waals surface area contributed by atoms with Crippen LogP contribution in [0.15, 0.2) is 0 Å². The van der Waals surface area contributed by atoms with E-state index in [0.717, 1.165) is 12.0 Å². The number of primary amides is 1. The summed E-state index contributed by atoms with van der Waals surface area (Å²) >= 11 is 1.53. The molecule has 3 unspecified atom stereocenters. The molecular weight excluding hydrogens is 371 g/mol. The third kappa shape index (κ3) is 8.03. The predicted molar refractivity (Wildman–Crippen MR) is 94.6 cm³/mol. The molecule has 4 N–H and O–H groups in total. The van der Waals surface area contributed by atoms with Crippen molar-refractivity contribution in [2.24, 2.45) is 11.7 Å². The Bertz CT molecular complexity index is 466. The monoisotopic (exact) mass is 399 g/mol. The van der Waals surface area contributed by atoms with Crippen LogP contribution in [0.4, 0.5) is 18.0 Å². The Labute approximate surface area is 156 Å². The molecule has 1 aliphatic heterocycles. The Kier molecular flexibility index (Phi) is 9.56. The minimum absolute atomic E-state index is 0.418. The van der Waals surface area contributed by atoms with Gasteiger partial charge in [0.25, 0.3) is 0 Å². The highest BCUT2D eigenvalue weighted by molar-refractivity contribution is 7.98. The molecule has 3 atom stereocenters. The molecule has 6 nitrogen and oxygen atoms in total. The first-order chi connectivity index (χ1) is 12.1. The van der Waals surface area contributed by atoms with Gasteiger partial charge in [0.05, 0.1) is 0 Å². The van der Waals surface area contributed by atoms with Gasteiger partial charge in [-0.2, -0.15) is 13.2 Å². The maximum atomic E-state index is 10.8. The summed E-state index contributed by atoms with van der Waals surface area (Å²) in [5, 5.41) is 7.67. The first-order valence-corrected chi connectivity index (χ1v) is 9.78. The lowest BCUT2D eigenvalue weighted by Crippen LogP contribution is -2.40. The molecule has 0 aromatic carbocycles. The molecule has 152 valence electrons. The van der Waals surface area contributed by atoms with Crippen molar-refractivity contribution in [1.82, 2.24) is 9.62 Å². The van der Waals surface area contributed by atoms with Crippen LogP contribution in [0, 0.1) is 5.92 Å². The smallest absolute Gasteiger partial charge is 0.475 e. The first kappa shape index (κ1) is 22.9. The van der Waals surface area contributed by atoms with Crippen molar-refractivity contribution >= 4 is 23.9 Å². The van der Waals surface area contributed by atoms with Crippen molar-refractivity contribution in [1.29, 1.82) is 0 Å². The molecule has 1 heterocycles. The van der Waals surface area contributed by atoms with Gasteiger partial charge in [-0.1, -0.05) is 19.8 Å². The summed E-state index contributed by atoms with van der Waals surface area (Å²) in [6, 6.07) is 0.330. The number of hydrogen-bond acceptors (Lipinski definition) is 4.